The average Bonchev–Trinajstić information content (AvgIpc) is 2.87. The first-order valence-corrected chi connectivity index (χ1v) is 12.6. The summed E-state index contributed by atoms with van der Waals surface area (Å²) in [4.78, 5) is 62.0. The van der Waals surface area contributed by atoms with Crippen molar-refractivity contribution >= 4 is 29.7 Å². The summed E-state index contributed by atoms with van der Waals surface area (Å²) in [5, 5.41) is 26.2. The standard InChI is InChI=1S/C28H36N4O7/c1-17(2)13-23(28(38)39)32-27(37)22(15-19-11-7-4-8-12-19)31-26(36)21(14-18-9-5-3-6-10-18)30-25(35)20(29)16-24(33)34/h3-12,17,20-23H,13-16,29H2,1-2H3,(H,30,35)(H,31,36)(H,32,37)(H,33,34)(H,38,39). The lowest BCUT2D eigenvalue weighted by atomic mass is 10.0. The molecule has 0 saturated carbocycles. The number of carboxylic acids is 2. The number of carbonyl (C=O) groups excluding carboxylic acids is 3. The van der Waals surface area contributed by atoms with Gasteiger partial charge in [0.2, 0.25) is 17.7 Å². The predicted octanol–water partition coefficient (Wildman–Crippen LogP) is 0.859. The van der Waals surface area contributed by atoms with Crippen LogP contribution in [0, 0.1) is 5.92 Å². The van der Waals surface area contributed by atoms with E-state index in [1.165, 1.54) is 0 Å². The van der Waals surface area contributed by atoms with Crippen molar-refractivity contribution in [2.75, 3.05) is 0 Å². The molecule has 0 fully saturated rings. The van der Waals surface area contributed by atoms with E-state index in [2.05, 4.69) is 16.0 Å². The van der Waals surface area contributed by atoms with E-state index in [1.54, 1.807) is 60.7 Å². The first-order chi connectivity index (χ1) is 18.5. The highest BCUT2D eigenvalue weighted by molar-refractivity contribution is 5.95. The Kier molecular flexibility index (Phi) is 12.1. The Morgan fingerprint density at radius 3 is 1.49 bits per heavy atom. The van der Waals surface area contributed by atoms with Crippen molar-refractivity contribution in [2.45, 2.75) is 63.7 Å². The molecule has 0 aliphatic heterocycles. The molecule has 2 aromatic rings. The van der Waals surface area contributed by atoms with E-state index in [9.17, 15) is 29.1 Å². The molecule has 2 rings (SSSR count). The maximum Gasteiger partial charge on any atom is 0.326 e. The maximum absolute atomic E-state index is 13.5. The van der Waals surface area contributed by atoms with Gasteiger partial charge in [0, 0.05) is 12.8 Å². The molecule has 0 radical (unpaired) electrons. The first-order valence-electron chi connectivity index (χ1n) is 12.6. The van der Waals surface area contributed by atoms with Crippen molar-refractivity contribution in [3.8, 4) is 0 Å². The number of carboxylic acid groups (broad SMARTS) is 2. The van der Waals surface area contributed by atoms with E-state index in [-0.39, 0.29) is 25.2 Å². The molecule has 3 amide bonds. The van der Waals surface area contributed by atoms with E-state index < -0.39 is 60.2 Å². The lowest BCUT2D eigenvalue weighted by Gasteiger charge is -2.26. The van der Waals surface area contributed by atoms with Gasteiger partial charge in [0.1, 0.15) is 18.1 Å². The molecular weight excluding hydrogens is 504 g/mol. The third-order valence-corrected chi connectivity index (χ3v) is 5.88. The molecular formula is C28H36N4O7. The SMILES string of the molecule is CC(C)CC(NC(=O)C(Cc1ccccc1)NC(=O)C(Cc1ccccc1)NC(=O)C(N)CC(=O)O)C(=O)O. The van der Waals surface area contributed by atoms with Crippen LogP contribution < -0.4 is 21.7 Å². The molecule has 0 saturated heterocycles. The molecule has 39 heavy (non-hydrogen) atoms. The summed E-state index contributed by atoms with van der Waals surface area (Å²) in [6, 6.07) is 12.8. The summed E-state index contributed by atoms with van der Waals surface area (Å²) in [5.41, 5.74) is 7.12. The van der Waals surface area contributed by atoms with Crippen LogP contribution in [0.4, 0.5) is 0 Å². The molecule has 0 bridgehead atoms. The molecule has 11 heteroatoms. The molecule has 210 valence electrons. The smallest absolute Gasteiger partial charge is 0.326 e. The molecule has 4 atom stereocenters. The monoisotopic (exact) mass is 540 g/mol. The second-order valence-electron chi connectivity index (χ2n) is 9.74. The highest BCUT2D eigenvalue weighted by Gasteiger charge is 2.31. The third-order valence-electron chi connectivity index (χ3n) is 5.88. The Labute approximate surface area is 227 Å². The van der Waals surface area contributed by atoms with Crippen molar-refractivity contribution < 1.29 is 34.2 Å². The summed E-state index contributed by atoms with van der Waals surface area (Å²) in [6.45, 7) is 3.66. The van der Waals surface area contributed by atoms with Crippen LogP contribution in [-0.2, 0) is 36.8 Å². The molecule has 7 N–H and O–H groups in total. The van der Waals surface area contributed by atoms with Crippen LogP contribution in [-0.4, -0.2) is 64.0 Å². The van der Waals surface area contributed by atoms with Crippen LogP contribution in [0.3, 0.4) is 0 Å². The van der Waals surface area contributed by atoms with E-state index in [1.807, 2.05) is 13.8 Å². The molecule has 0 heterocycles. The van der Waals surface area contributed by atoms with Crippen molar-refractivity contribution in [3.63, 3.8) is 0 Å². The Hall–Kier alpha value is -4.25. The average molecular weight is 541 g/mol. The van der Waals surface area contributed by atoms with E-state index in [4.69, 9.17) is 10.8 Å². The lowest BCUT2D eigenvalue weighted by molar-refractivity contribution is -0.142. The van der Waals surface area contributed by atoms with Crippen molar-refractivity contribution in [1.82, 2.24) is 16.0 Å². The molecule has 2 aromatic carbocycles. The highest BCUT2D eigenvalue weighted by atomic mass is 16.4. The number of nitrogens with one attached hydrogen (secondary N) is 3. The number of amides is 3. The zero-order valence-electron chi connectivity index (χ0n) is 22.0. The summed E-state index contributed by atoms with van der Waals surface area (Å²) >= 11 is 0. The van der Waals surface area contributed by atoms with Crippen LogP contribution in [0.2, 0.25) is 0 Å². The van der Waals surface area contributed by atoms with E-state index in [0.717, 1.165) is 5.56 Å². The minimum atomic E-state index is -1.38. The van der Waals surface area contributed by atoms with Gasteiger partial charge in [0.15, 0.2) is 0 Å². The molecule has 0 aromatic heterocycles. The fourth-order valence-electron chi connectivity index (χ4n) is 3.92. The number of hydrogen-bond acceptors (Lipinski definition) is 6. The summed E-state index contributed by atoms with van der Waals surface area (Å²) in [6.07, 6.45) is -0.321. The van der Waals surface area contributed by atoms with Gasteiger partial charge in [-0.15, -0.1) is 0 Å². The molecule has 4 unspecified atom stereocenters. The number of rotatable bonds is 15. The Morgan fingerprint density at radius 2 is 1.10 bits per heavy atom. The Morgan fingerprint density at radius 1 is 0.692 bits per heavy atom. The van der Waals surface area contributed by atoms with Crippen LogP contribution >= 0.6 is 0 Å². The second kappa shape index (κ2) is 15.2. The first kappa shape index (κ1) is 31.0. The van der Waals surface area contributed by atoms with Gasteiger partial charge in [-0.2, -0.15) is 0 Å². The highest BCUT2D eigenvalue weighted by Crippen LogP contribution is 2.10. The van der Waals surface area contributed by atoms with Gasteiger partial charge < -0.3 is 31.9 Å². The number of aliphatic carboxylic acids is 2. The summed E-state index contributed by atoms with van der Waals surface area (Å²) in [7, 11) is 0. The van der Waals surface area contributed by atoms with Gasteiger partial charge in [-0.05, 0) is 23.5 Å². The zero-order valence-corrected chi connectivity index (χ0v) is 22.0. The number of nitrogens with two attached hydrogens (primary N) is 1. The molecule has 0 aliphatic rings. The van der Waals surface area contributed by atoms with Gasteiger partial charge in [-0.25, -0.2) is 4.79 Å². The van der Waals surface area contributed by atoms with Crippen molar-refractivity contribution in [1.29, 1.82) is 0 Å². The molecule has 0 spiro atoms. The van der Waals surface area contributed by atoms with Crippen LogP contribution in [0.25, 0.3) is 0 Å². The Bertz CT molecular complexity index is 1130. The van der Waals surface area contributed by atoms with Gasteiger partial charge in [-0.3, -0.25) is 19.2 Å². The van der Waals surface area contributed by atoms with Gasteiger partial charge >= 0.3 is 11.9 Å². The summed E-state index contributed by atoms with van der Waals surface area (Å²) < 4.78 is 0. The van der Waals surface area contributed by atoms with Crippen LogP contribution in [0.1, 0.15) is 37.8 Å². The molecule has 11 nitrogen and oxygen atoms in total. The molecule has 0 aliphatic carbocycles. The number of hydrogen-bond donors (Lipinski definition) is 6. The third kappa shape index (κ3) is 10.9. The zero-order chi connectivity index (χ0) is 28.9. The second-order valence-corrected chi connectivity index (χ2v) is 9.74. The normalized spacial score (nSPS) is 13.9. The lowest BCUT2D eigenvalue weighted by Crippen LogP contribution is -2.58. The van der Waals surface area contributed by atoms with Gasteiger partial charge in [-0.1, -0.05) is 74.5 Å². The van der Waals surface area contributed by atoms with Crippen LogP contribution in [0.5, 0.6) is 0 Å². The Balaban J connectivity index is 2.30. The fraction of sp³-hybridized carbons (Fsp3) is 0.393. The van der Waals surface area contributed by atoms with Crippen molar-refractivity contribution in [2.24, 2.45) is 11.7 Å². The number of carbonyl (C=O) groups is 5. The summed E-state index contributed by atoms with van der Waals surface area (Å²) in [5.74, 6) is -4.69. The minimum absolute atomic E-state index is 0.00552. The van der Waals surface area contributed by atoms with Gasteiger partial charge in [0.25, 0.3) is 0 Å². The largest absolute Gasteiger partial charge is 0.481 e. The number of benzene rings is 2. The van der Waals surface area contributed by atoms with Crippen LogP contribution in [0.15, 0.2) is 60.7 Å². The van der Waals surface area contributed by atoms with Crippen molar-refractivity contribution in [3.05, 3.63) is 71.8 Å². The minimum Gasteiger partial charge on any atom is -0.481 e. The quantitative estimate of drug-likeness (QED) is 0.192. The maximum atomic E-state index is 13.5. The fourth-order valence-corrected chi connectivity index (χ4v) is 3.92. The topological polar surface area (TPSA) is 188 Å². The van der Waals surface area contributed by atoms with Gasteiger partial charge in [0.05, 0.1) is 12.5 Å². The van der Waals surface area contributed by atoms with E-state index in [0.29, 0.717) is 5.56 Å². The van der Waals surface area contributed by atoms with E-state index >= 15 is 0 Å². The predicted molar refractivity (Wildman–Crippen MR) is 143 cm³/mol.